The Labute approximate surface area is 240 Å². The summed E-state index contributed by atoms with van der Waals surface area (Å²) in [7, 11) is 0. The fourth-order valence-corrected chi connectivity index (χ4v) is 3.70. The zero-order valence-corrected chi connectivity index (χ0v) is 22.1. The molecule has 0 spiro atoms. The van der Waals surface area contributed by atoms with Crippen molar-refractivity contribution in [3.05, 3.63) is 89.0 Å². The van der Waals surface area contributed by atoms with Gasteiger partial charge in [0.2, 0.25) is 0 Å². The first-order valence-corrected chi connectivity index (χ1v) is 12.5. The van der Waals surface area contributed by atoms with Crippen LogP contribution < -0.4 is 20.9 Å². The molecule has 3 rings (SSSR count). The van der Waals surface area contributed by atoms with Gasteiger partial charge >= 0.3 is 30.0 Å². The van der Waals surface area contributed by atoms with Gasteiger partial charge in [-0.1, -0.05) is 18.2 Å². The summed E-state index contributed by atoms with van der Waals surface area (Å²) in [5.74, 6) is -13.2. The van der Waals surface area contributed by atoms with Gasteiger partial charge in [-0.2, -0.15) is 30.7 Å². The molecule has 0 atom stereocenters. The van der Waals surface area contributed by atoms with Gasteiger partial charge in [0.05, 0.1) is 12.2 Å². The molecule has 0 heterocycles. The summed E-state index contributed by atoms with van der Waals surface area (Å²) in [4.78, 5) is 24.2. The number of rotatable bonds is 12. The molecule has 0 bridgehead atoms. The lowest BCUT2D eigenvalue weighted by atomic mass is 10.0. The Morgan fingerprint density at radius 1 is 0.837 bits per heavy atom. The minimum atomic E-state index is -6.39. The molecule has 0 saturated carbocycles. The molecule has 3 aromatic rings. The number of carboxylic acids is 1. The number of ether oxygens (including phenoxy) is 2. The summed E-state index contributed by atoms with van der Waals surface area (Å²) in [5, 5.41) is 9.60. The van der Waals surface area contributed by atoms with E-state index in [1.165, 1.54) is 60.7 Å². The molecule has 0 fully saturated rings. The van der Waals surface area contributed by atoms with Crippen LogP contribution in [0.4, 0.5) is 42.1 Å². The van der Waals surface area contributed by atoms with Gasteiger partial charge in [-0.25, -0.2) is 9.59 Å². The molecular weight excluding hydrogens is 589 g/mol. The van der Waals surface area contributed by atoms with Gasteiger partial charge in [0, 0.05) is 29.8 Å². The fourth-order valence-electron chi connectivity index (χ4n) is 3.70. The van der Waals surface area contributed by atoms with Crippen LogP contribution in [0.25, 0.3) is 6.08 Å². The van der Waals surface area contributed by atoms with Crippen molar-refractivity contribution in [3.63, 3.8) is 0 Å². The lowest BCUT2D eigenvalue weighted by molar-refractivity contribution is -0.355. The van der Waals surface area contributed by atoms with Crippen LogP contribution in [0.2, 0.25) is 0 Å². The standard InChI is InChI=1S/C29H25F7N2O5/c30-27(31,28(32,33)29(34,35)36)12-1-13-42-22-10-5-18(6-11-22)26(41)43-23-8-2-17(3-9-23)14-20(25(39)40)15-19-4-7-21(37)16-24(19)38/h2-11,14,16H,1,12-13,15,37-38H2,(H,39,40). The number of hydrogen-bond donors (Lipinski definition) is 3. The molecule has 0 unspecified atom stereocenters. The topological polar surface area (TPSA) is 125 Å². The Hall–Kier alpha value is -4.75. The number of halogens is 7. The summed E-state index contributed by atoms with van der Waals surface area (Å²) in [6, 6.07) is 15.8. The Morgan fingerprint density at radius 2 is 1.44 bits per heavy atom. The molecule has 0 aliphatic heterocycles. The molecule has 0 aliphatic carbocycles. The van der Waals surface area contributed by atoms with Crippen molar-refractivity contribution in [1.82, 2.24) is 0 Å². The Balaban J connectivity index is 1.55. The third-order valence-electron chi connectivity index (χ3n) is 6.07. The van der Waals surface area contributed by atoms with Crippen LogP contribution in [-0.4, -0.2) is 41.7 Å². The van der Waals surface area contributed by atoms with E-state index in [9.17, 15) is 45.4 Å². The second-order valence-corrected chi connectivity index (χ2v) is 9.32. The molecule has 0 aromatic heterocycles. The van der Waals surface area contributed by atoms with Crippen LogP contribution in [0.3, 0.4) is 0 Å². The van der Waals surface area contributed by atoms with Gasteiger partial charge in [-0.05, 0) is 72.2 Å². The number of anilines is 2. The molecule has 3 aromatic carbocycles. The molecule has 0 saturated heterocycles. The minimum Gasteiger partial charge on any atom is -0.494 e. The number of alkyl halides is 7. The third-order valence-corrected chi connectivity index (χ3v) is 6.07. The first-order valence-electron chi connectivity index (χ1n) is 12.5. The molecule has 0 amide bonds. The second-order valence-electron chi connectivity index (χ2n) is 9.32. The molecular formula is C29H25F7N2O5. The summed E-state index contributed by atoms with van der Waals surface area (Å²) in [5.41, 5.74) is 13.6. The van der Waals surface area contributed by atoms with Crippen LogP contribution >= 0.6 is 0 Å². The highest BCUT2D eigenvalue weighted by Gasteiger charge is 2.72. The zero-order valence-electron chi connectivity index (χ0n) is 22.1. The van der Waals surface area contributed by atoms with Crippen molar-refractivity contribution >= 4 is 29.4 Å². The van der Waals surface area contributed by atoms with E-state index in [1.807, 2.05) is 0 Å². The van der Waals surface area contributed by atoms with E-state index in [0.717, 1.165) is 0 Å². The molecule has 43 heavy (non-hydrogen) atoms. The van der Waals surface area contributed by atoms with Crippen molar-refractivity contribution in [2.24, 2.45) is 0 Å². The first kappa shape index (κ1) is 32.8. The van der Waals surface area contributed by atoms with E-state index >= 15 is 0 Å². The second kappa shape index (κ2) is 13.0. The molecule has 230 valence electrons. The number of nitrogen functional groups attached to an aromatic ring is 2. The smallest absolute Gasteiger partial charge is 0.459 e. The summed E-state index contributed by atoms with van der Waals surface area (Å²) < 4.78 is 99.5. The Morgan fingerprint density at radius 3 is 2.00 bits per heavy atom. The molecule has 7 nitrogen and oxygen atoms in total. The monoisotopic (exact) mass is 614 g/mol. The minimum absolute atomic E-state index is 0.0400. The van der Waals surface area contributed by atoms with E-state index in [4.69, 9.17) is 20.9 Å². The van der Waals surface area contributed by atoms with Crippen molar-refractivity contribution in [3.8, 4) is 11.5 Å². The van der Waals surface area contributed by atoms with Crippen molar-refractivity contribution in [1.29, 1.82) is 0 Å². The predicted molar refractivity (Wildman–Crippen MR) is 143 cm³/mol. The number of aliphatic carboxylic acids is 1. The summed E-state index contributed by atoms with van der Waals surface area (Å²) in [6.07, 6.45) is -7.47. The highest BCUT2D eigenvalue weighted by Crippen LogP contribution is 2.48. The Bertz CT molecular complexity index is 1470. The van der Waals surface area contributed by atoms with Gasteiger partial charge in [0.15, 0.2) is 0 Å². The maximum atomic E-state index is 13.3. The van der Waals surface area contributed by atoms with E-state index in [1.54, 1.807) is 12.1 Å². The van der Waals surface area contributed by atoms with E-state index in [0.29, 0.717) is 22.5 Å². The van der Waals surface area contributed by atoms with Crippen LogP contribution in [0.1, 0.15) is 34.3 Å². The maximum Gasteiger partial charge on any atom is 0.459 e. The number of benzene rings is 3. The van der Waals surface area contributed by atoms with Gasteiger partial charge in [-0.3, -0.25) is 0 Å². The van der Waals surface area contributed by atoms with Gasteiger partial charge in [-0.15, -0.1) is 0 Å². The van der Waals surface area contributed by atoms with Gasteiger partial charge in [0.25, 0.3) is 0 Å². The maximum absolute atomic E-state index is 13.3. The number of carbonyl (C=O) groups excluding carboxylic acids is 1. The van der Waals surface area contributed by atoms with Crippen LogP contribution in [-0.2, 0) is 11.2 Å². The number of nitrogens with two attached hydrogens (primary N) is 2. The summed E-state index contributed by atoms with van der Waals surface area (Å²) >= 11 is 0. The van der Waals surface area contributed by atoms with E-state index in [-0.39, 0.29) is 29.1 Å². The molecule has 14 heteroatoms. The van der Waals surface area contributed by atoms with Crippen LogP contribution in [0, 0.1) is 0 Å². The normalized spacial score (nSPS) is 12.6. The highest BCUT2D eigenvalue weighted by molar-refractivity contribution is 5.93. The number of carboxylic acid groups (broad SMARTS) is 1. The van der Waals surface area contributed by atoms with Crippen molar-refractivity contribution in [2.45, 2.75) is 37.3 Å². The summed E-state index contributed by atoms with van der Waals surface area (Å²) in [6.45, 7) is -0.578. The van der Waals surface area contributed by atoms with Crippen molar-refractivity contribution in [2.75, 3.05) is 18.1 Å². The number of hydrogen-bond acceptors (Lipinski definition) is 6. The molecule has 0 radical (unpaired) electrons. The quantitative estimate of drug-likeness (QED) is 0.0514. The van der Waals surface area contributed by atoms with Gasteiger partial charge < -0.3 is 26.0 Å². The third kappa shape index (κ3) is 8.40. The van der Waals surface area contributed by atoms with Gasteiger partial charge in [0.1, 0.15) is 11.5 Å². The Kier molecular flexibility index (Phi) is 9.94. The SMILES string of the molecule is Nc1ccc(CC(=Cc2ccc(OC(=O)c3ccc(OCCCC(F)(F)C(F)(F)C(F)(F)F)cc3)cc2)C(=O)O)c(N)c1. The molecule has 5 N–H and O–H groups in total. The number of esters is 1. The average Bonchev–Trinajstić information content (AvgIpc) is 2.92. The van der Waals surface area contributed by atoms with E-state index in [2.05, 4.69) is 0 Å². The van der Waals surface area contributed by atoms with E-state index < -0.39 is 49.4 Å². The lowest BCUT2D eigenvalue weighted by Crippen LogP contribution is -2.51. The highest BCUT2D eigenvalue weighted by atomic mass is 19.4. The van der Waals surface area contributed by atoms with Crippen LogP contribution in [0.15, 0.2) is 72.3 Å². The lowest BCUT2D eigenvalue weighted by Gasteiger charge is -2.28. The zero-order chi connectivity index (χ0) is 32.0. The largest absolute Gasteiger partial charge is 0.494 e. The average molecular weight is 615 g/mol. The van der Waals surface area contributed by atoms with Crippen LogP contribution in [0.5, 0.6) is 11.5 Å². The predicted octanol–water partition coefficient (Wildman–Crippen LogP) is 6.77. The number of carbonyl (C=O) groups is 2. The fraction of sp³-hybridized carbons (Fsp3) is 0.241. The first-order chi connectivity index (χ1) is 20.0. The van der Waals surface area contributed by atoms with Crippen molar-refractivity contribution < 1.29 is 54.9 Å². The molecule has 0 aliphatic rings.